The number of benzene rings is 2. The Morgan fingerprint density at radius 2 is 2.00 bits per heavy atom. The zero-order valence-corrected chi connectivity index (χ0v) is 16.9. The Morgan fingerprint density at radius 1 is 1.22 bits per heavy atom. The van der Waals surface area contributed by atoms with Crippen LogP contribution >= 0.6 is 23.8 Å². The van der Waals surface area contributed by atoms with E-state index in [4.69, 9.17) is 28.6 Å². The normalized spacial score (nSPS) is 17.3. The van der Waals surface area contributed by atoms with Crippen LogP contribution in [0.15, 0.2) is 42.5 Å². The van der Waals surface area contributed by atoms with Gasteiger partial charge in [-0.3, -0.25) is 0 Å². The van der Waals surface area contributed by atoms with E-state index in [0.29, 0.717) is 15.9 Å². The van der Waals surface area contributed by atoms with E-state index in [-0.39, 0.29) is 5.82 Å². The second-order valence-corrected chi connectivity index (χ2v) is 7.49. The van der Waals surface area contributed by atoms with Gasteiger partial charge in [-0.05, 0) is 42.5 Å². The average Bonchev–Trinajstić information content (AvgIpc) is 2.89. The van der Waals surface area contributed by atoms with Crippen molar-refractivity contribution in [2.24, 2.45) is 0 Å². The smallest absolute Gasteiger partial charge is 0.173 e. The quantitative estimate of drug-likeness (QED) is 0.761. The van der Waals surface area contributed by atoms with Gasteiger partial charge in [0.15, 0.2) is 5.11 Å². The molecule has 4 nitrogen and oxygen atoms in total. The first kappa shape index (κ1) is 19.9. The van der Waals surface area contributed by atoms with E-state index < -0.39 is 0 Å². The van der Waals surface area contributed by atoms with Crippen molar-refractivity contribution in [1.82, 2.24) is 4.90 Å². The highest BCUT2D eigenvalue weighted by molar-refractivity contribution is 7.80. The summed E-state index contributed by atoms with van der Waals surface area (Å²) >= 11 is 11.7. The van der Waals surface area contributed by atoms with Gasteiger partial charge in [0.05, 0.1) is 32.4 Å². The molecule has 0 aromatic heterocycles. The number of halogens is 2. The Kier molecular flexibility index (Phi) is 6.88. The van der Waals surface area contributed by atoms with Crippen molar-refractivity contribution in [3.8, 4) is 5.75 Å². The number of hydrogen-bond donors (Lipinski definition) is 2. The molecule has 2 aromatic rings. The molecular formula is C20H24ClFN3OS+. The lowest BCUT2D eigenvalue weighted by Crippen LogP contribution is -3.11. The molecule has 27 heavy (non-hydrogen) atoms. The molecule has 2 aromatic carbocycles. The van der Waals surface area contributed by atoms with Gasteiger partial charge in [-0.1, -0.05) is 23.7 Å². The van der Waals surface area contributed by atoms with Gasteiger partial charge < -0.3 is 19.9 Å². The van der Waals surface area contributed by atoms with Gasteiger partial charge in [-0.15, -0.1) is 0 Å². The maximum absolute atomic E-state index is 13.1. The van der Waals surface area contributed by atoms with Crippen molar-refractivity contribution in [2.45, 2.75) is 13.0 Å². The molecule has 0 amide bonds. The first-order chi connectivity index (χ1) is 13.0. The van der Waals surface area contributed by atoms with Crippen LogP contribution in [-0.4, -0.2) is 43.3 Å². The van der Waals surface area contributed by atoms with Gasteiger partial charge in [-0.25, -0.2) is 4.39 Å². The van der Waals surface area contributed by atoms with Crippen LogP contribution in [0.5, 0.6) is 5.75 Å². The standard InChI is InChI=1S/C20H23ClFN3OS/c1-26-19-8-5-16(21)13-18(19)23-20(27)25-10-2-9-24(11-12-25)14-15-3-6-17(22)7-4-15/h3-8,13H,2,9-12,14H2,1H3,(H,23,27)/p+1. The molecule has 0 radical (unpaired) electrons. The van der Waals surface area contributed by atoms with Crippen molar-refractivity contribution in [2.75, 3.05) is 38.6 Å². The van der Waals surface area contributed by atoms with E-state index in [1.54, 1.807) is 13.2 Å². The Hall–Kier alpha value is -1.89. The summed E-state index contributed by atoms with van der Waals surface area (Å²) < 4.78 is 18.5. The third-order valence-electron chi connectivity index (χ3n) is 4.75. The summed E-state index contributed by atoms with van der Waals surface area (Å²) in [6.07, 6.45) is 1.05. The molecule has 7 heteroatoms. The maximum atomic E-state index is 13.1. The van der Waals surface area contributed by atoms with Crippen LogP contribution in [0.4, 0.5) is 10.1 Å². The minimum atomic E-state index is -0.191. The molecule has 1 saturated heterocycles. The highest BCUT2D eigenvalue weighted by Gasteiger charge is 2.20. The molecule has 1 unspecified atom stereocenters. The summed E-state index contributed by atoms with van der Waals surface area (Å²) in [6.45, 7) is 4.71. The van der Waals surface area contributed by atoms with E-state index in [0.717, 1.165) is 50.4 Å². The Bertz CT molecular complexity index is 787. The summed E-state index contributed by atoms with van der Waals surface area (Å²) in [4.78, 5) is 3.67. The molecule has 1 atom stereocenters. The molecule has 1 aliphatic rings. The SMILES string of the molecule is COc1ccc(Cl)cc1NC(=S)N1CCC[NH+](Cc2ccc(F)cc2)CC1. The van der Waals surface area contributed by atoms with Crippen molar-refractivity contribution in [1.29, 1.82) is 0 Å². The van der Waals surface area contributed by atoms with Crippen LogP contribution < -0.4 is 15.0 Å². The number of ether oxygens (including phenoxy) is 1. The van der Waals surface area contributed by atoms with Gasteiger partial charge in [0.25, 0.3) is 0 Å². The van der Waals surface area contributed by atoms with Crippen LogP contribution in [0.3, 0.4) is 0 Å². The second kappa shape index (κ2) is 9.35. The lowest BCUT2D eigenvalue weighted by atomic mass is 10.2. The molecular weight excluding hydrogens is 385 g/mol. The number of quaternary nitrogens is 1. The predicted octanol–water partition coefficient (Wildman–Crippen LogP) is 2.98. The van der Waals surface area contributed by atoms with E-state index in [1.807, 2.05) is 24.3 Å². The van der Waals surface area contributed by atoms with Crippen LogP contribution in [-0.2, 0) is 6.54 Å². The Morgan fingerprint density at radius 3 is 2.74 bits per heavy atom. The summed E-state index contributed by atoms with van der Waals surface area (Å²) in [5.41, 5.74) is 1.93. The maximum Gasteiger partial charge on any atom is 0.173 e. The average molecular weight is 409 g/mol. The number of rotatable bonds is 4. The topological polar surface area (TPSA) is 28.9 Å². The Balaban J connectivity index is 1.58. The molecule has 3 rings (SSSR count). The van der Waals surface area contributed by atoms with Crippen LogP contribution in [0.25, 0.3) is 0 Å². The largest absolute Gasteiger partial charge is 0.495 e. The zero-order valence-electron chi connectivity index (χ0n) is 15.3. The monoisotopic (exact) mass is 408 g/mol. The highest BCUT2D eigenvalue weighted by atomic mass is 35.5. The minimum absolute atomic E-state index is 0.191. The fourth-order valence-corrected chi connectivity index (χ4v) is 3.76. The van der Waals surface area contributed by atoms with Crippen molar-refractivity contribution in [3.63, 3.8) is 0 Å². The van der Waals surface area contributed by atoms with Gasteiger partial charge in [-0.2, -0.15) is 0 Å². The first-order valence-electron chi connectivity index (χ1n) is 9.02. The number of nitrogens with one attached hydrogen (secondary N) is 2. The molecule has 2 N–H and O–H groups in total. The van der Waals surface area contributed by atoms with Gasteiger partial charge >= 0.3 is 0 Å². The third-order valence-corrected chi connectivity index (χ3v) is 5.35. The number of anilines is 1. The molecule has 0 saturated carbocycles. The fraction of sp³-hybridized carbons (Fsp3) is 0.350. The zero-order chi connectivity index (χ0) is 19.2. The second-order valence-electron chi connectivity index (χ2n) is 6.67. The number of thiocarbonyl (C=S) groups is 1. The van der Waals surface area contributed by atoms with Gasteiger partial charge in [0.1, 0.15) is 18.1 Å². The molecule has 0 aliphatic carbocycles. The molecule has 144 valence electrons. The number of nitrogens with zero attached hydrogens (tertiary/aromatic N) is 1. The summed E-state index contributed by atoms with van der Waals surface area (Å²) in [5.74, 6) is 0.517. The summed E-state index contributed by atoms with van der Waals surface area (Å²) in [6, 6.07) is 12.2. The fourth-order valence-electron chi connectivity index (χ4n) is 3.29. The molecule has 0 spiro atoms. The lowest BCUT2D eigenvalue weighted by Gasteiger charge is -2.24. The third kappa shape index (κ3) is 5.54. The van der Waals surface area contributed by atoms with Gasteiger partial charge in [0.2, 0.25) is 0 Å². The number of hydrogen-bond acceptors (Lipinski definition) is 2. The van der Waals surface area contributed by atoms with E-state index in [9.17, 15) is 4.39 Å². The highest BCUT2D eigenvalue weighted by Crippen LogP contribution is 2.28. The van der Waals surface area contributed by atoms with Crippen molar-refractivity contribution >= 4 is 34.6 Å². The lowest BCUT2D eigenvalue weighted by molar-refractivity contribution is -0.911. The van der Waals surface area contributed by atoms with E-state index in [1.165, 1.54) is 17.0 Å². The summed E-state index contributed by atoms with van der Waals surface area (Å²) in [5, 5.41) is 4.58. The van der Waals surface area contributed by atoms with Crippen molar-refractivity contribution in [3.05, 3.63) is 58.9 Å². The summed E-state index contributed by atoms with van der Waals surface area (Å²) in [7, 11) is 1.63. The van der Waals surface area contributed by atoms with E-state index in [2.05, 4.69) is 10.2 Å². The van der Waals surface area contributed by atoms with Crippen molar-refractivity contribution < 1.29 is 14.0 Å². The minimum Gasteiger partial charge on any atom is -0.495 e. The van der Waals surface area contributed by atoms with Crippen LogP contribution in [0.1, 0.15) is 12.0 Å². The number of methoxy groups -OCH3 is 1. The molecule has 1 fully saturated rings. The molecule has 1 heterocycles. The molecule has 0 bridgehead atoms. The van der Waals surface area contributed by atoms with Crippen LogP contribution in [0, 0.1) is 5.82 Å². The first-order valence-corrected chi connectivity index (χ1v) is 9.81. The Labute approximate surface area is 169 Å². The predicted molar refractivity (Wildman–Crippen MR) is 111 cm³/mol. The van der Waals surface area contributed by atoms with Crippen LogP contribution in [0.2, 0.25) is 5.02 Å². The molecule has 1 aliphatic heterocycles. The van der Waals surface area contributed by atoms with Gasteiger partial charge in [0, 0.05) is 23.6 Å². The van der Waals surface area contributed by atoms with E-state index >= 15 is 0 Å².